The number of fused-ring (bicyclic) bond motifs is 1. The molecule has 2 nitrogen and oxygen atoms in total. The number of halogens is 3. The maximum Gasteiger partial charge on any atom is 0.165 e. The highest BCUT2D eigenvalue weighted by molar-refractivity contribution is 9.08. The monoisotopic (exact) mass is 354 g/mol. The SMILES string of the molecule is Fc1ccc2c(c1)CC(COc1ccc(CBr)cc1F)O2. The molecule has 0 saturated heterocycles. The Labute approximate surface area is 129 Å². The number of alkyl halides is 1. The van der Waals surface area contributed by atoms with Gasteiger partial charge in [-0.3, -0.25) is 0 Å². The predicted octanol–water partition coefficient (Wildman–Crippen LogP) is 4.24. The normalized spacial score (nSPS) is 16.4. The molecule has 0 saturated carbocycles. The van der Waals surface area contributed by atoms with Gasteiger partial charge >= 0.3 is 0 Å². The van der Waals surface area contributed by atoms with Crippen LogP contribution in [0.5, 0.6) is 11.5 Å². The van der Waals surface area contributed by atoms with Gasteiger partial charge in [0.05, 0.1) is 0 Å². The summed E-state index contributed by atoms with van der Waals surface area (Å²) in [6.45, 7) is 0.223. The summed E-state index contributed by atoms with van der Waals surface area (Å²) in [7, 11) is 0. The van der Waals surface area contributed by atoms with Crippen molar-refractivity contribution in [3.63, 3.8) is 0 Å². The van der Waals surface area contributed by atoms with E-state index in [-0.39, 0.29) is 24.3 Å². The molecule has 1 heterocycles. The van der Waals surface area contributed by atoms with Gasteiger partial charge in [-0.1, -0.05) is 22.0 Å². The molecule has 2 aromatic rings. The Bertz CT molecular complexity index is 661. The first-order valence-electron chi connectivity index (χ1n) is 6.58. The van der Waals surface area contributed by atoms with Crippen molar-refractivity contribution >= 4 is 15.9 Å². The first-order chi connectivity index (χ1) is 10.2. The van der Waals surface area contributed by atoms with Crippen LogP contribution in [0.2, 0.25) is 0 Å². The average molecular weight is 355 g/mol. The summed E-state index contributed by atoms with van der Waals surface area (Å²) in [5, 5.41) is 0.594. The van der Waals surface area contributed by atoms with Crippen LogP contribution in [0.15, 0.2) is 36.4 Å². The molecule has 3 rings (SSSR count). The van der Waals surface area contributed by atoms with Gasteiger partial charge in [-0.25, -0.2) is 8.78 Å². The van der Waals surface area contributed by atoms with E-state index in [1.165, 1.54) is 18.2 Å². The fraction of sp³-hybridized carbons (Fsp3) is 0.250. The summed E-state index contributed by atoms with van der Waals surface area (Å²) in [5.41, 5.74) is 1.67. The Kier molecular flexibility index (Phi) is 4.10. The van der Waals surface area contributed by atoms with E-state index >= 15 is 0 Å². The summed E-state index contributed by atoms with van der Waals surface area (Å²) in [4.78, 5) is 0. The van der Waals surface area contributed by atoms with Crippen LogP contribution in [-0.4, -0.2) is 12.7 Å². The summed E-state index contributed by atoms with van der Waals surface area (Å²) >= 11 is 3.27. The van der Waals surface area contributed by atoms with E-state index in [1.807, 2.05) is 0 Å². The lowest BCUT2D eigenvalue weighted by Gasteiger charge is -2.13. The summed E-state index contributed by atoms with van der Waals surface area (Å²) in [6.07, 6.45) is 0.339. The zero-order valence-corrected chi connectivity index (χ0v) is 12.7. The van der Waals surface area contributed by atoms with Crippen LogP contribution in [0.25, 0.3) is 0 Å². The van der Waals surface area contributed by atoms with Crippen molar-refractivity contribution in [2.24, 2.45) is 0 Å². The van der Waals surface area contributed by atoms with Crippen molar-refractivity contribution in [3.05, 3.63) is 59.2 Å². The minimum atomic E-state index is -0.395. The lowest BCUT2D eigenvalue weighted by molar-refractivity contribution is 0.145. The molecule has 0 radical (unpaired) electrons. The molecule has 1 aliphatic rings. The van der Waals surface area contributed by atoms with Crippen LogP contribution >= 0.6 is 15.9 Å². The van der Waals surface area contributed by atoms with Crippen LogP contribution in [0, 0.1) is 11.6 Å². The maximum atomic E-state index is 13.8. The molecular weight excluding hydrogens is 342 g/mol. The molecule has 0 amide bonds. The third kappa shape index (κ3) is 3.18. The Morgan fingerprint density at radius 1 is 1.19 bits per heavy atom. The number of hydrogen-bond donors (Lipinski definition) is 0. The molecule has 21 heavy (non-hydrogen) atoms. The first-order valence-corrected chi connectivity index (χ1v) is 7.70. The number of hydrogen-bond acceptors (Lipinski definition) is 2. The van der Waals surface area contributed by atoms with E-state index in [9.17, 15) is 8.78 Å². The number of ether oxygens (including phenoxy) is 2. The Morgan fingerprint density at radius 3 is 2.81 bits per heavy atom. The van der Waals surface area contributed by atoms with Crippen LogP contribution in [0.3, 0.4) is 0 Å². The minimum absolute atomic E-state index is 0.199. The zero-order valence-electron chi connectivity index (χ0n) is 11.1. The van der Waals surface area contributed by atoms with E-state index in [0.29, 0.717) is 17.5 Å². The molecule has 2 aromatic carbocycles. The van der Waals surface area contributed by atoms with E-state index < -0.39 is 5.82 Å². The summed E-state index contributed by atoms with van der Waals surface area (Å²) in [6, 6.07) is 9.27. The number of benzene rings is 2. The highest BCUT2D eigenvalue weighted by Gasteiger charge is 2.24. The summed E-state index contributed by atoms with van der Waals surface area (Å²) in [5.74, 6) is 0.189. The molecular formula is C16H13BrF2O2. The van der Waals surface area contributed by atoms with Gasteiger partial charge in [0.2, 0.25) is 0 Å². The zero-order chi connectivity index (χ0) is 14.8. The molecule has 1 aliphatic heterocycles. The predicted molar refractivity (Wildman–Crippen MR) is 79.0 cm³/mol. The quantitative estimate of drug-likeness (QED) is 0.764. The molecule has 1 atom stereocenters. The second kappa shape index (κ2) is 6.02. The average Bonchev–Trinajstić information content (AvgIpc) is 2.87. The van der Waals surface area contributed by atoms with Gasteiger partial charge in [0.25, 0.3) is 0 Å². The van der Waals surface area contributed by atoms with Crippen molar-refractivity contribution in [1.29, 1.82) is 0 Å². The van der Waals surface area contributed by atoms with Crippen molar-refractivity contribution in [1.82, 2.24) is 0 Å². The highest BCUT2D eigenvalue weighted by Crippen LogP contribution is 2.30. The Balaban J connectivity index is 1.62. The summed E-state index contributed by atoms with van der Waals surface area (Å²) < 4.78 is 38.0. The smallest absolute Gasteiger partial charge is 0.165 e. The molecule has 0 fully saturated rings. The molecule has 0 aromatic heterocycles. The molecule has 110 valence electrons. The fourth-order valence-electron chi connectivity index (χ4n) is 2.31. The second-order valence-electron chi connectivity index (χ2n) is 4.91. The van der Waals surface area contributed by atoms with Crippen molar-refractivity contribution in [2.45, 2.75) is 17.9 Å². The van der Waals surface area contributed by atoms with Gasteiger partial charge in [-0.05, 0) is 35.9 Å². The molecule has 0 bridgehead atoms. The standard InChI is InChI=1S/C16H13BrF2O2/c17-8-10-1-3-16(14(19)5-10)20-9-13-7-11-6-12(18)2-4-15(11)21-13/h1-6,13H,7-9H2. The minimum Gasteiger partial charge on any atom is -0.487 e. The van der Waals surface area contributed by atoms with Gasteiger partial charge in [0, 0.05) is 17.3 Å². The van der Waals surface area contributed by atoms with E-state index in [2.05, 4.69) is 15.9 Å². The van der Waals surface area contributed by atoms with Gasteiger partial charge in [0.15, 0.2) is 11.6 Å². The van der Waals surface area contributed by atoms with E-state index in [1.54, 1.807) is 18.2 Å². The third-order valence-electron chi connectivity index (χ3n) is 3.34. The van der Waals surface area contributed by atoms with Crippen LogP contribution in [0.1, 0.15) is 11.1 Å². The largest absolute Gasteiger partial charge is 0.487 e. The third-order valence-corrected chi connectivity index (χ3v) is 3.99. The Morgan fingerprint density at radius 2 is 2.05 bits per heavy atom. The molecule has 0 aliphatic carbocycles. The number of rotatable bonds is 4. The van der Waals surface area contributed by atoms with Crippen molar-refractivity contribution in [3.8, 4) is 11.5 Å². The molecule has 0 spiro atoms. The van der Waals surface area contributed by atoms with Crippen LogP contribution in [0.4, 0.5) is 8.78 Å². The lowest BCUT2D eigenvalue weighted by atomic mass is 10.1. The highest BCUT2D eigenvalue weighted by atomic mass is 79.9. The van der Waals surface area contributed by atoms with E-state index in [0.717, 1.165) is 11.1 Å². The van der Waals surface area contributed by atoms with Gasteiger partial charge in [0.1, 0.15) is 24.3 Å². The van der Waals surface area contributed by atoms with E-state index in [4.69, 9.17) is 9.47 Å². The fourth-order valence-corrected chi connectivity index (χ4v) is 2.66. The van der Waals surface area contributed by atoms with Gasteiger partial charge < -0.3 is 9.47 Å². The Hall–Kier alpha value is -1.62. The molecule has 0 N–H and O–H groups in total. The van der Waals surface area contributed by atoms with Gasteiger partial charge in [-0.2, -0.15) is 0 Å². The lowest BCUT2D eigenvalue weighted by Crippen LogP contribution is -2.22. The van der Waals surface area contributed by atoms with Crippen molar-refractivity contribution < 1.29 is 18.3 Å². The van der Waals surface area contributed by atoms with Crippen LogP contribution < -0.4 is 9.47 Å². The first kappa shape index (κ1) is 14.3. The molecule has 1 unspecified atom stereocenters. The van der Waals surface area contributed by atoms with Crippen LogP contribution in [-0.2, 0) is 11.8 Å². The van der Waals surface area contributed by atoms with Gasteiger partial charge in [-0.15, -0.1) is 0 Å². The topological polar surface area (TPSA) is 18.5 Å². The molecule has 5 heteroatoms. The van der Waals surface area contributed by atoms with Crippen molar-refractivity contribution in [2.75, 3.05) is 6.61 Å². The second-order valence-corrected chi connectivity index (χ2v) is 5.47. The maximum absolute atomic E-state index is 13.8.